The fourth-order valence-corrected chi connectivity index (χ4v) is 6.88. The van der Waals surface area contributed by atoms with E-state index in [2.05, 4.69) is 92.7 Å². The van der Waals surface area contributed by atoms with Crippen LogP contribution in [0.25, 0.3) is 0 Å². The molecule has 0 atom stereocenters. The summed E-state index contributed by atoms with van der Waals surface area (Å²) in [4.78, 5) is 23.5. The number of fused-ring (bicyclic) bond motifs is 6. The molecule has 10 heteroatoms. The number of carbonyl (C=O) groups excluding carboxylic acids is 1. The number of carbonyl (C=O) groups is 1. The van der Waals surface area contributed by atoms with E-state index in [1.165, 1.54) is 12.8 Å². The molecule has 2 heterocycles. The van der Waals surface area contributed by atoms with E-state index in [1.807, 2.05) is 88.4 Å². The Labute approximate surface area is 360 Å². The van der Waals surface area contributed by atoms with E-state index < -0.39 is 5.54 Å². The summed E-state index contributed by atoms with van der Waals surface area (Å²) >= 11 is 0. The molecule has 0 fully saturated rings. The number of hydrogen-bond acceptors (Lipinski definition) is 9. The van der Waals surface area contributed by atoms with Gasteiger partial charge in [0.1, 0.15) is 29.4 Å². The minimum absolute atomic E-state index is 0.0135. The normalized spacial score (nSPS) is 13.1. The largest absolute Gasteiger partial charge is 0.491 e. The third kappa shape index (κ3) is 11.6. The summed E-state index contributed by atoms with van der Waals surface area (Å²) in [7, 11) is 0. The molecule has 1 spiro atoms. The van der Waals surface area contributed by atoms with Crippen molar-refractivity contribution in [3.63, 3.8) is 0 Å². The van der Waals surface area contributed by atoms with Crippen LogP contribution in [0.4, 0.5) is 17.1 Å². The topological polar surface area (TPSA) is 99.4 Å². The summed E-state index contributed by atoms with van der Waals surface area (Å²) in [6.45, 7) is 25.4. The lowest BCUT2D eigenvalue weighted by Crippen LogP contribution is -2.44. The van der Waals surface area contributed by atoms with E-state index in [1.54, 1.807) is 17.4 Å². The minimum Gasteiger partial charge on any atom is -0.491 e. The first-order chi connectivity index (χ1) is 29.3. The van der Waals surface area contributed by atoms with Crippen molar-refractivity contribution in [1.29, 1.82) is 0 Å². The molecular weight excluding hydrogens is 751 g/mol. The number of hydrazone groups is 1. The van der Waals surface area contributed by atoms with Gasteiger partial charge in [-0.15, -0.1) is 0 Å². The highest BCUT2D eigenvalue weighted by atomic mass is 16.5. The van der Waals surface area contributed by atoms with Crippen LogP contribution in [0, 0.1) is 0 Å². The molecule has 4 aromatic rings. The molecule has 1 amide bonds. The second-order valence-electron chi connectivity index (χ2n) is 13.6. The SMILES string of the molecule is C/C=C\C.CC.CCCC.CCN(CC)c1ccc2c(c1)Oc1cc(N(CC)CC)ccc1C21c2ccccc2C(=O)N1/N=C/C=Nc1ccc(OCCOCCO)cc1. The van der Waals surface area contributed by atoms with Gasteiger partial charge in [0.25, 0.3) is 5.91 Å². The number of rotatable bonds is 16. The van der Waals surface area contributed by atoms with E-state index in [0.29, 0.717) is 41.7 Å². The highest BCUT2D eigenvalue weighted by molar-refractivity contribution is 6.17. The average Bonchev–Trinajstić information content (AvgIpc) is 3.54. The smallest absolute Gasteiger partial charge is 0.275 e. The number of allylic oxidation sites excluding steroid dienone is 2. The molecule has 0 radical (unpaired) electrons. The summed E-state index contributed by atoms with van der Waals surface area (Å²) in [6.07, 6.45) is 9.80. The van der Waals surface area contributed by atoms with Gasteiger partial charge in [-0.3, -0.25) is 9.79 Å². The molecule has 0 aliphatic carbocycles. The van der Waals surface area contributed by atoms with Crippen LogP contribution < -0.4 is 19.3 Å². The maximum atomic E-state index is 14.3. The number of aliphatic hydroxyl groups is 1. The number of anilines is 2. The highest BCUT2D eigenvalue weighted by Crippen LogP contribution is 2.58. The van der Waals surface area contributed by atoms with Gasteiger partial charge in [-0.1, -0.05) is 83.0 Å². The fourth-order valence-electron chi connectivity index (χ4n) is 6.88. The van der Waals surface area contributed by atoms with Crippen LogP contribution in [0.1, 0.15) is 109 Å². The molecule has 1 N–H and O–H groups in total. The number of amides is 1. The van der Waals surface area contributed by atoms with Gasteiger partial charge in [0.05, 0.1) is 31.7 Å². The molecule has 0 saturated heterocycles. The van der Waals surface area contributed by atoms with Gasteiger partial charge in [0.2, 0.25) is 0 Å². The number of unbranched alkanes of at least 4 members (excludes halogenated alkanes) is 1. The van der Waals surface area contributed by atoms with Crippen molar-refractivity contribution < 1.29 is 24.1 Å². The molecule has 2 aliphatic rings. The maximum absolute atomic E-state index is 14.3. The molecule has 0 unspecified atom stereocenters. The molecule has 2 aliphatic heterocycles. The molecule has 0 saturated carbocycles. The molecule has 60 heavy (non-hydrogen) atoms. The standard InChI is InChI=1S/C40H45N5O5.C4H10.C4H8.C2H6/c1-5-43(6-2)30-15-19-35-37(27-30)50-38-28-31(44(7-3)8-4)16-20-36(38)40(35)34-12-10-9-11-33(34)39(47)45(40)42-22-21-41-29-13-17-32(18-14-29)49-26-25-48-24-23-46;2*1-3-4-2;1-2/h9-22,27-28,46H,5-8,23-26H2,1-4H3;3-4H2,1-2H3;3-4H,1-2H3;1-2H3/b41-21?,42-22+;;4-3-;. The molecular formula is C50H69N5O5. The quantitative estimate of drug-likeness (QED) is 0.0683. The predicted octanol–water partition coefficient (Wildman–Crippen LogP) is 11.4. The lowest BCUT2D eigenvalue weighted by atomic mass is 9.75. The maximum Gasteiger partial charge on any atom is 0.275 e. The summed E-state index contributed by atoms with van der Waals surface area (Å²) in [6, 6.07) is 27.7. The first kappa shape index (κ1) is 48.9. The Bertz CT molecular complexity index is 1900. The summed E-state index contributed by atoms with van der Waals surface area (Å²) in [5.74, 6) is 1.88. The lowest BCUT2D eigenvalue weighted by molar-refractivity contribution is 0.0675. The van der Waals surface area contributed by atoms with E-state index in [-0.39, 0.29) is 19.1 Å². The van der Waals surface area contributed by atoms with E-state index >= 15 is 0 Å². The van der Waals surface area contributed by atoms with Crippen molar-refractivity contribution in [2.24, 2.45) is 10.1 Å². The third-order valence-electron chi connectivity index (χ3n) is 10.1. The van der Waals surface area contributed by atoms with Crippen molar-refractivity contribution in [1.82, 2.24) is 5.01 Å². The molecule has 6 rings (SSSR count). The Balaban J connectivity index is 0.000000872. The summed E-state index contributed by atoms with van der Waals surface area (Å²) in [5.41, 5.74) is 4.90. The Morgan fingerprint density at radius 2 is 1.25 bits per heavy atom. The highest BCUT2D eigenvalue weighted by Gasteiger charge is 2.57. The average molecular weight is 820 g/mol. The monoisotopic (exact) mass is 820 g/mol. The molecule has 0 bridgehead atoms. The Hall–Kier alpha value is -5.45. The lowest BCUT2D eigenvalue weighted by Gasteiger charge is -2.42. The van der Waals surface area contributed by atoms with Gasteiger partial charge in [-0.25, -0.2) is 5.01 Å². The second kappa shape index (κ2) is 25.9. The number of benzene rings is 4. The first-order valence-electron chi connectivity index (χ1n) is 21.8. The predicted molar refractivity (Wildman–Crippen MR) is 251 cm³/mol. The van der Waals surface area contributed by atoms with Gasteiger partial charge in [-0.05, 0) is 84.0 Å². The first-order valence-corrected chi connectivity index (χ1v) is 21.8. The molecule has 0 aromatic heterocycles. The van der Waals surface area contributed by atoms with Crippen LogP contribution >= 0.6 is 0 Å². The van der Waals surface area contributed by atoms with E-state index in [9.17, 15) is 4.79 Å². The number of aliphatic hydroxyl groups excluding tert-OH is 1. The van der Waals surface area contributed by atoms with Gasteiger partial charge >= 0.3 is 0 Å². The van der Waals surface area contributed by atoms with Crippen molar-refractivity contribution >= 4 is 35.4 Å². The van der Waals surface area contributed by atoms with Crippen LogP contribution in [0.15, 0.2) is 107 Å². The zero-order chi connectivity index (χ0) is 43.9. The van der Waals surface area contributed by atoms with Crippen LogP contribution in [0.2, 0.25) is 0 Å². The van der Waals surface area contributed by atoms with Gasteiger partial charge in [0, 0.05) is 78.2 Å². The van der Waals surface area contributed by atoms with Crippen LogP contribution in [0.5, 0.6) is 17.2 Å². The van der Waals surface area contributed by atoms with E-state index in [0.717, 1.165) is 54.2 Å². The second-order valence-corrected chi connectivity index (χ2v) is 13.6. The van der Waals surface area contributed by atoms with Crippen molar-refractivity contribution in [3.8, 4) is 17.2 Å². The number of ether oxygens (including phenoxy) is 3. The van der Waals surface area contributed by atoms with Crippen molar-refractivity contribution in [3.05, 3.63) is 119 Å². The zero-order valence-corrected chi connectivity index (χ0v) is 37.8. The van der Waals surface area contributed by atoms with Gasteiger partial charge in [0.15, 0.2) is 0 Å². The molecule has 324 valence electrons. The van der Waals surface area contributed by atoms with Gasteiger partial charge in [-0.2, -0.15) is 5.10 Å². The Kier molecular flexibility index (Phi) is 21.1. The minimum atomic E-state index is -1.07. The summed E-state index contributed by atoms with van der Waals surface area (Å²) in [5, 5.41) is 15.3. The number of aliphatic imine (C=N–C) groups is 1. The number of nitrogens with zero attached hydrogens (tertiary/aromatic N) is 5. The van der Waals surface area contributed by atoms with Crippen LogP contribution in [-0.2, 0) is 10.3 Å². The summed E-state index contributed by atoms with van der Waals surface area (Å²) < 4.78 is 17.7. The number of hydrogen-bond donors (Lipinski definition) is 1. The van der Waals surface area contributed by atoms with Crippen molar-refractivity contribution in [2.45, 2.75) is 87.6 Å². The zero-order valence-electron chi connectivity index (χ0n) is 37.8. The third-order valence-corrected chi connectivity index (χ3v) is 10.1. The Morgan fingerprint density at radius 3 is 1.75 bits per heavy atom. The Morgan fingerprint density at radius 1 is 0.700 bits per heavy atom. The van der Waals surface area contributed by atoms with Crippen LogP contribution in [-0.4, -0.2) is 81.1 Å². The van der Waals surface area contributed by atoms with Crippen molar-refractivity contribution in [2.75, 3.05) is 62.4 Å². The van der Waals surface area contributed by atoms with Crippen LogP contribution in [0.3, 0.4) is 0 Å². The molecule has 10 nitrogen and oxygen atoms in total. The van der Waals surface area contributed by atoms with E-state index in [4.69, 9.17) is 24.4 Å². The van der Waals surface area contributed by atoms with Gasteiger partial charge < -0.3 is 29.1 Å². The fraction of sp³-hybridized carbons (Fsp3) is 0.420. The molecule has 4 aromatic carbocycles.